The van der Waals surface area contributed by atoms with Crippen LogP contribution in [0.25, 0.3) is 0 Å². The van der Waals surface area contributed by atoms with Crippen LogP contribution in [0.4, 0.5) is 5.13 Å². The highest BCUT2D eigenvalue weighted by molar-refractivity contribution is 7.15. The second-order valence-electron chi connectivity index (χ2n) is 5.74. The summed E-state index contributed by atoms with van der Waals surface area (Å²) in [7, 11) is 0. The minimum absolute atomic E-state index is 0.0352. The summed E-state index contributed by atoms with van der Waals surface area (Å²) in [4.78, 5) is 8.30. The standard InChI is InChI=1S/C14H25N3OS/c1-5-6-15-11(2)12-9-16-13(19-12)17-7-8-18-10-14(17,3)4/h9,11,15H,5-8,10H2,1-4H3. The quantitative estimate of drug-likeness (QED) is 0.901. The number of morpholine rings is 1. The lowest BCUT2D eigenvalue weighted by atomic mass is 10.0. The van der Waals surface area contributed by atoms with Gasteiger partial charge in [0.1, 0.15) is 0 Å². The topological polar surface area (TPSA) is 37.4 Å². The van der Waals surface area contributed by atoms with Gasteiger partial charge in [-0.25, -0.2) is 4.98 Å². The molecule has 1 aliphatic heterocycles. The van der Waals surface area contributed by atoms with Crippen molar-refractivity contribution in [2.45, 2.75) is 45.7 Å². The van der Waals surface area contributed by atoms with E-state index in [1.54, 1.807) is 11.3 Å². The maximum atomic E-state index is 5.57. The molecule has 1 aliphatic rings. The van der Waals surface area contributed by atoms with Crippen LogP contribution in [-0.2, 0) is 4.74 Å². The van der Waals surface area contributed by atoms with Crippen LogP contribution in [0.5, 0.6) is 0 Å². The lowest BCUT2D eigenvalue weighted by Gasteiger charge is -2.42. The van der Waals surface area contributed by atoms with Crippen LogP contribution in [0.3, 0.4) is 0 Å². The summed E-state index contributed by atoms with van der Waals surface area (Å²) in [5.74, 6) is 0. The van der Waals surface area contributed by atoms with E-state index in [0.29, 0.717) is 6.04 Å². The fraction of sp³-hybridized carbons (Fsp3) is 0.786. The van der Waals surface area contributed by atoms with Crippen LogP contribution in [0.2, 0.25) is 0 Å². The molecular weight excluding hydrogens is 258 g/mol. The van der Waals surface area contributed by atoms with Crippen LogP contribution in [0.1, 0.15) is 45.0 Å². The van der Waals surface area contributed by atoms with E-state index in [4.69, 9.17) is 4.74 Å². The molecule has 1 fully saturated rings. The number of nitrogens with zero attached hydrogens (tertiary/aromatic N) is 2. The summed E-state index contributed by atoms with van der Waals surface area (Å²) in [6.07, 6.45) is 3.17. The van der Waals surface area contributed by atoms with Crippen molar-refractivity contribution >= 4 is 16.5 Å². The Bertz CT molecular complexity index is 405. The predicted octanol–water partition coefficient (Wildman–Crippen LogP) is 2.82. The summed E-state index contributed by atoms with van der Waals surface area (Å²) in [6.45, 7) is 12.4. The highest BCUT2D eigenvalue weighted by Gasteiger charge is 2.32. The molecule has 108 valence electrons. The highest BCUT2D eigenvalue weighted by Crippen LogP contribution is 2.32. The Kier molecular flexibility index (Phi) is 4.81. The van der Waals surface area contributed by atoms with E-state index >= 15 is 0 Å². The predicted molar refractivity (Wildman–Crippen MR) is 81.1 cm³/mol. The van der Waals surface area contributed by atoms with E-state index in [-0.39, 0.29) is 5.54 Å². The lowest BCUT2D eigenvalue weighted by molar-refractivity contribution is 0.0644. The van der Waals surface area contributed by atoms with E-state index in [2.05, 4.69) is 42.9 Å². The second-order valence-corrected chi connectivity index (χ2v) is 6.78. The summed E-state index contributed by atoms with van der Waals surface area (Å²) in [6, 6.07) is 0.385. The van der Waals surface area contributed by atoms with Gasteiger partial charge < -0.3 is 15.0 Å². The molecule has 0 spiro atoms. The first-order chi connectivity index (χ1) is 9.04. The van der Waals surface area contributed by atoms with Gasteiger partial charge in [0.25, 0.3) is 0 Å². The molecule has 5 heteroatoms. The molecule has 1 aromatic heterocycles. The molecular formula is C14H25N3OS. The first-order valence-corrected chi connectivity index (χ1v) is 7.90. The third kappa shape index (κ3) is 3.46. The van der Waals surface area contributed by atoms with Gasteiger partial charge in [-0.2, -0.15) is 0 Å². The number of ether oxygens (including phenoxy) is 1. The zero-order valence-corrected chi connectivity index (χ0v) is 13.2. The molecule has 0 saturated carbocycles. The second kappa shape index (κ2) is 6.20. The maximum absolute atomic E-state index is 5.57. The molecule has 0 aliphatic carbocycles. The van der Waals surface area contributed by atoms with Crippen LogP contribution in [0.15, 0.2) is 6.20 Å². The van der Waals surface area contributed by atoms with Gasteiger partial charge in [0, 0.05) is 23.7 Å². The Labute approximate surface area is 120 Å². The highest BCUT2D eigenvalue weighted by atomic mass is 32.1. The van der Waals surface area contributed by atoms with E-state index in [9.17, 15) is 0 Å². The summed E-state index contributed by atoms with van der Waals surface area (Å²) in [5.41, 5.74) is 0.0352. The number of hydrogen-bond donors (Lipinski definition) is 1. The molecule has 1 N–H and O–H groups in total. The fourth-order valence-corrected chi connectivity index (χ4v) is 3.41. The smallest absolute Gasteiger partial charge is 0.186 e. The number of thiazole rings is 1. The van der Waals surface area contributed by atoms with Gasteiger partial charge in [-0.05, 0) is 33.7 Å². The molecule has 4 nitrogen and oxygen atoms in total. The first kappa shape index (κ1) is 14.8. The molecule has 1 unspecified atom stereocenters. The van der Waals surface area contributed by atoms with Crippen molar-refractivity contribution in [2.75, 3.05) is 31.2 Å². The van der Waals surface area contributed by atoms with Gasteiger partial charge in [-0.3, -0.25) is 0 Å². The zero-order valence-electron chi connectivity index (χ0n) is 12.4. The minimum Gasteiger partial charge on any atom is -0.377 e. The van der Waals surface area contributed by atoms with E-state index in [1.165, 1.54) is 4.88 Å². The van der Waals surface area contributed by atoms with Crippen LogP contribution >= 0.6 is 11.3 Å². The van der Waals surface area contributed by atoms with Gasteiger partial charge in [-0.1, -0.05) is 6.92 Å². The van der Waals surface area contributed by atoms with E-state index in [1.807, 2.05) is 6.20 Å². The molecule has 19 heavy (non-hydrogen) atoms. The Balaban J connectivity index is 2.07. The van der Waals surface area contributed by atoms with Crippen LogP contribution in [-0.4, -0.2) is 36.8 Å². The third-order valence-electron chi connectivity index (χ3n) is 3.51. The number of aromatic nitrogens is 1. The summed E-state index contributed by atoms with van der Waals surface area (Å²) < 4.78 is 5.57. The SMILES string of the molecule is CCCNC(C)c1cnc(N2CCOCC2(C)C)s1. The third-order valence-corrected chi connectivity index (χ3v) is 4.72. The molecule has 1 aromatic rings. The Hall–Kier alpha value is -0.650. The van der Waals surface area contributed by atoms with Gasteiger partial charge in [0.05, 0.1) is 18.8 Å². The van der Waals surface area contributed by atoms with Gasteiger partial charge in [0.2, 0.25) is 0 Å². The number of anilines is 1. The van der Waals surface area contributed by atoms with Crippen LogP contribution in [0, 0.1) is 0 Å². The average Bonchev–Trinajstić information content (AvgIpc) is 2.84. The van der Waals surface area contributed by atoms with Crippen molar-refractivity contribution in [1.82, 2.24) is 10.3 Å². The van der Waals surface area contributed by atoms with Gasteiger partial charge in [-0.15, -0.1) is 11.3 Å². The molecule has 1 atom stereocenters. The normalized spacial score (nSPS) is 20.5. The largest absolute Gasteiger partial charge is 0.377 e. The number of nitrogens with one attached hydrogen (secondary N) is 1. The molecule has 2 heterocycles. The van der Waals surface area contributed by atoms with Crippen molar-refractivity contribution in [3.8, 4) is 0 Å². The summed E-state index contributed by atoms with van der Waals surface area (Å²) in [5, 5.41) is 4.63. The molecule has 1 saturated heterocycles. The molecule has 0 amide bonds. The van der Waals surface area contributed by atoms with Crippen molar-refractivity contribution in [1.29, 1.82) is 0 Å². The molecule has 0 radical (unpaired) electrons. The number of rotatable bonds is 5. The van der Waals surface area contributed by atoms with E-state index < -0.39 is 0 Å². The minimum atomic E-state index is 0.0352. The van der Waals surface area contributed by atoms with Crippen molar-refractivity contribution in [3.63, 3.8) is 0 Å². The monoisotopic (exact) mass is 283 g/mol. The van der Waals surface area contributed by atoms with Gasteiger partial charge >= 0.3 is 0 Å². The van der Waals surface area contributed by atoms with Gasteiger partial charge in [0.15, 0.2) is 5.13 Å². The molecule has 0 aromatic carbocycles. The van der Waals surface area contributed by atoms with Crippen molar-refractivity contribution in [3.05, 3.63) is 11.1 Å². The molecule has 2 rings (SSSR count). The van der Waals surface area contributed by atoms with Crippen LogP contribution < -0.4 is 10.2 Å². The zero-order chi connectivity index (χ0) is 13.9. The average molecular weight is 283 g/mol. The summed E-state index contributed by atoms with van der Waals surface area (Å²) >= 11 is 1.80. The Morgan fingerprint density at radius 1 is 1.58 bits per heavy atom. The fourth-order valence-electron chi connectivity index (χ4n) is 2.28. The lowest BCUT2D eigenvalue weighted by Crippen LogP contribution is -2.53. The number of hydrogen-bond acceptors (Lipinski definition) is 5. The van der Waals surface area contributed by atoms with Crippen molar-refractivity contribution in [2.24, 2.45) is 0 Å². The first-order valence-electron chi connectivity index (χ1n) is 7.09. The Morgan fingerprint density at radius 3 is 3.05 bits per heavy atom. The molecule has 0 bridgehead atoms. The van der Waals surface area contributed by atoms with Crippen molar-refractivity contribution < 1.29 is 4.74 Å². The Morgan fingerprint density at radius 2 is 2.37 bits per heavy atom. The maximum Gasteiger partial charge on any atom is 0.186 e. The van der Waals surface area contributed by atoms with E-state index in [0.717, 1.165) is 37.9 Å².